The average Bonchev–Trinajstić information content (AvgIpc) is 2.89. The van der Waals surface area contributed by atoms with Gasteiger partial charge >= 0.3 is 0 Å². The topological polar surface area (TPSA) is 87.4 Å². The number of rotatable bonds is 4. The van der Waals surface area contributed by atoms with Crippen LogP contribution in [0.2, 0.25) is 5.02 Å². The maximum Gasteiger partial charge on any atom is 0.256 e. The lowest BCUT2D eigenvalue weighted by Crippen LogP contribution is -2.25. The normalized spacial score (nSPS) is 13.6. The molecule has 2 aromatic heterocycles. The number of fused-ring (bicyclic) bond motifs is 1. The molecule has 1 aromatic carbocycles. The number of carbonyl (C=O) groups is 1. The first-order chi connectivity index (χ1) is 11.8. The average molecular weight is 360 g/mol. The van der Waals surface area contributed by atoms with E-state index in [9.17, 15) is 15.0 Å². The zero-order valence-electron chi connectivity index (χ0n) is 13.8. The molecular formula is C18H18ClN3O3. The van der Waals surface area contributed by atoms with Crippen molar-refractivity contribution in [3.05, 3.63) is 58.9 Å². The van der Waals surface area contributed by atoms with Gasteiger partial charge in [-0.1, -0.05) is 23.7 Å². The van der Waals surface area contributed by atoms with Crippen molar-refractivity contribution in [1.82, 2.24) is 9.55 Å². The molecule has 3 N–H and O–H groups in total. The van der Waals surface area contributed by atoms with Crippen LogP contribution < -0.4 is 5.32 Å². The van der Waals surface area contributed by atoms with E-state index in [1.54, 1.807) is 42.7 Å². The number of aromatic nitrogens is 2. The van der Waals surface area contributed by atoms with Gasteiger partial charge in [0.1, 0.15) is 11.4 Å². The molecule has 2 heterocycles. The third kappa shape index (κ3) is 3.37. The van der Waals surface area contributed by atoms with Crippen LogP contribution in [0.5, 0.6) is 0 Å². The van der Waals surface area contributed by atoms with Gasteiger partial charge in [-0.25, -0.2) is 4.98 Å². The summed E-state index contributed by atoms with van der Waals surface area (Å²) >= 11 is 6.11. The summed E-state index contributed by atoms with van der Waals surface area (Å²) in [7, 11) is 1.87. The van der Waals surface area contributed by atoms with Crippen molar-refractivity contribution in [2.75, 3.05) is 11.9 Å². The maximum atomic E-state index is 12.4. The molecule has 1 unspecified atom stereocenters. The van der Waals surface area contributed by atoms with Crippen molar-refractivity contribution in [2.24, 2.45) is 7.05 Å². The Balaban J connectivity index is 1.81. The van der Waals surface area contributed by atoms with E-state index < -0.39 is 12.2 Å². The molecule has 1 amide bonds. The van der Waals surface area contributed by atoms with Gasteiger partial charge in [0, 0.05) is 36.5 Å². The van der Waals surface area contributed by atoms with Crippen molar-refractivity contribution in [3.63, 3.8) is 0 Å². The predicted molar refractivity (Wildman–Crippen MR) is 96.8 cm³/mol. The summed E-state index contributed by atoms with van der Waals surface area (Å²) in [4.78, 5) is 16.6. The van der Waals surface area contributed by atoms with Crippen LogP contribution in [0, 0.1) is 0 Å². The van der Waals surface area contributed by atoms with Crippen LogP contribution >= 0.6 is 11.6 Å². The van der Waals surface area contributed by atoms with E-state index in [1.165, 1.54) is 6.92 Å². The first-order valence-electron chi connectivity index (χ1n) is 7.67. The molecule has 0 radical (unpaired) electrons. The molecule has 0 bridgehead atoms. The van der Waals surface area contributed by atoms with E-state index in [4.69, 9.17) is 11.6 Å². The number of halogens is 1. The van der Waals surface area contributed by atoms with Crippen LogP contribution in [0.3, 0.4) is 0 Å². The Bertz CT molecular complexity index is 933. The van der Waals surface area contributed by atoms with E-state index in [1.807, 2.05) is 11.6 Å². The molecular weight excluding hydrogens is 342 g/mol. The fraction of sp³-hybridized carbons (Fsp3) is 0.222. The molecule has 1 atom stereocenters. The molecule has 0 aliphatic heterocycles. The highest BCUT2D eigenvalue weighted by Gasteiger charge is 2.22. The molecule has 0 saturated carbocycles. The monoisotopic (exact) mass is 359 g/mol. The number of pyridine rings is 1. The molecule has 130 valence electrons. The summed E-state index contributed by atoms with van der Waals surface area (Å²) in [6.45, 7) is 1.11. The van der Waals surface area contributed by atoms with Gasteiger partial charge < -0.3 is 20.1 Å². The zero-order valence-corrected chi connectivity index (χ0v) is 14.6. The predicted octanol–water partition coefficient (Wildman–Crippen LogP) is 2.68. The van der Waals surface area contributed by atoms with Gasteiger partial charge in [0.2, 0.25) is 0 Å². The number of carbonyl (C=O) groups excluding carboxylic acids is 1. The van der Waals surface area contributed by atoms with Crippen molar-refractivity contribution in [3.8, 4) is 0 Å². The minimum atomic E-state index is -1.34. The first-order valence-corrected chi connectivity index (χ1v) is 8.05. The Labute approximate surface area is 149 Å². The quantitative estimate of drug-likeness (QED) is 0.668. The van der Waals surface area contributed by atoms with Crippen molar-refractivity contribution in [2.45, 2.75) is 12.5 Å². The van der Waals surface area contributed by atoms with Crippen LogP contribution in [0.25, 0.3) is 10.9 Å². The fourth-order valence-electron chi connectivity index (χ4n) is 2.56. The lowest BCUT2D eigenvalue weighted by atomic mass is 9.96. The number of hydrogen-bond donors (Lipinski definition) is 3. The van der Waals surface area contributed by atoms with Crippen LogP contribution in [0.1, 0.15) is 22.8 Å². The number of benzene rings is 1. The van der Waals surface area contributed by atoms with E-state index in [2.05, 4.69) is 10.3 Å². The second kappa shape index (κ2) is 6.48. The third-order valence-electron chi connectivity index (χ3n) is 4.14. The van der Waals surface area contributed by atoms with Gasteiger partial charge in [0.05, 0.1) is 17.1 Å². The molecule has 0 aliphatic carbocycles. The molecule has 6 nitrogen and oxygen atoms in total. The number of aryl methyl sites for hydroxylation is 1. The molecule has 0 fully saturated rings. The molecule has 3 rings (SSSR count). The number of aliphatic hydroxyl groups is 2. The lowest BCUT2D eigenvalue weighted by molar-refractivity contribution is -0.00229. The Hall–Kier alpha value is -2.41. The second-order valence-electron chi connectivity index (χ2n) is 6.14. The van der Waals surface area contributed by atoms with Gasteiger partial charge in [0.25, 0.3) is 5.91 Å². The van der Waals surface area contributed by atoms with Crippen LogP contribution in [-0.2, 0) is 12.6 Å². The smallest absolute Gasteiger partial charge is 0.256 e. The molecule has 3 aromatic rings. The van der Waals surface area contributed by atoms with E-state index >= 15 is 0 Å². The van der Waals surface area contributed by atoms with Crippen LogP contribution in [0.4, 0.5) is 5.82 Å². The molecule has 0 saturated heterocycles. The number of anilines is 1. The van der Waals surface area contributed by atoms with Crippen LogP contribution in [0.15, 0.2) is 42.7 Å². The zero-order chi connectivity index (χ0) is 18.2. The van der Waals surface area contributed by atoms with Gasteiger partial charge in [-0.3, -0.25) is 4.79 Å². The maximum absolute atomic E-state index is 12.4. The summed E-state index contributed by atoms with van der Waals surface area (Å²) in [6, 6.07) is 8.15. The van der Waals surface area contributed by atoms with Crippen molar-refractivity contribution >= 4 is 34.2 Å². The number of amides is 1. The lowest BCUT2D eigenvalue weighted by Gasteiger charge is -2.20. The largest absolute Gasteiger partial charge is 0.393 e. The Morgan fingerprint density at radius 3 is 2.68 bits per heavy atom. The van der Waals surface area contributed by atoms with Crippen LogP contribution in [-0.4, -0.2) is 32.3 Å². The highest BCUT2D eigenvalue weighted by Crippen LogP contribution is 2.26. The van der Waals surface area contributed by atoms with E-state index in [0.717, 1.165) is 10.9 Å². The van der Waals surface area contributed by atoms with Gasteiger partial charge in [0.15, 0.2) is 0 Å². The van der Waals surface area contributed by atoms with Crippen molar-refractivity contribution < 1.29 is 15.0 Å². The number of nitrogens with one attached hydrogen (secondary N) is 1. The Morgan fingerprint density at radius 2 is 2.04 bits per heavy atom. The van der Waals surface area contributed by atoms with E-state index in [0.29, 0.717) is 22.0 Å². The molecule has 0 spiro atoms. The summed E-state index contributed by atoms with van der Waals surface area (Å²) in [5.74, 6) is 0.101. The van der Waals surface area contributed by atoms with Gasteiger partial charge in [-0.2, -0.15) is 0 Å². The second-order valence-corrected chi connectivity index (χ2v) is 6.55. The first kappa shape index (κ1) is 17.4. The summed E-state index contributed by atoms with van der Waals surface area (Å²) in [5, 5.41) is 23.4. The number of hydrogen-bond acceptors (Lipinski definition) is 4. The highest BCUT2D eigenvalue weighted by molar-refractivity contribution is 6.35. The van der Waals surface area contributed by atoms with Crippen molar-refractivity contribution in [1.29, 1.82) is 0 Å². The summed E-state index contributed by atoms with van der Waals surface area (Å²) in [5.41, 5.74) is 0.478. The van der Waals surface area contributed by atoms with E-state index in [-0.39, 0.29) is 5.91 Å². The molecule has 0 aliphatic rings. The number of aliphatic hydroxyl groups excluding tert-OH is 1. The Kier molecular flexibility index (Phi) is 4.51. The molecule has 25 heavy (non-hydrogen) atoms. The standard InChI is InChI=1S/C18H18ClN3O3/c1-18(25,10-23)12-5-3-11(4-6-12)17(24)21-16-7-15-13(8-20-16)14(19)9-22(15)2/h3-9,23,25H,10H2,1-2H3,(H,20,21,24). The van der Waals surface area contributed by atoms with Gasteiger partial charge in [-0.05, 0) is 24.6 Å². The highest BCUT2D eigenvalue weighted by atomic mass is 35.5. The third-order valence-corrected chi connectivity index (χ3v) is 4.45. The van der Waals surface area contributed by atoms with Gasteiger partial charge in [-0.15, -0.1) is 0 Å². The Morgan fingerprint density at radius 1 is 1.36 bits per heavy atom. The summed E-state index contributed by atoms with van der Waals surface area (Å²) < 4.78 is 1.86. The fourth-order valence-corrected chi connectivity index (χ4v) is 2.85. The minimum absolute atomic E-state index is 0.317. The molecule has 7 heteroatoms. The SMILES string of the molecule is Cn1cc(Cl)c2cnc(NC(=O)c3ccc(C(C)(O)CO)cc3)cc21. The minimum Gasteiger partial charge on any atom is -0.393 e. The summed E-state index contributed by atoms with van der Waals surface area (Å²) in [6.07, 6.45) is 3.40. The number of nitrogens with zero attached hydrogens (tertiary/aromatic N) is 2.